The third-order valence-corrected chi connectivity index (χ3v) is 7.12. The quantitative estimate of drug-likeness (QED) is 0.234. The lowest BCUT2D eigenvalue weighted by Crippen LogP contribution is -2.36. The molecule has 1 N–H and O–H groups in total. The first kappa shape index (κ1) is 27.7. The molecule has 1 aliphatic heterocycles. The topological polar surface area (TPSA) is 109 Å². The highest BCUT2D eigenvalue weighted by Crippen LogP contribution is 2.38. The third-order valence-electron chi connectivity index (χ3n) is 6.45. The number of hydrogen-bond donors (Lipinski definition) is 0. The minimum absolute atomic E-state index is 0.0127. The first-order valence-corrected chi connectivity index (χ1v) is 13.0. The Bertz CT molecular complexity index is 1410. The number of nitrogens with zero attached hydrogens (tertiary/aromatic N) is 2. The molecule has 9 nitrogen and oxygen atoms in total. The number of esters is 1. The molecular weight excluding hydrogens is 571 g/mol. The fourth-order valence-electron chi connectivity index (χ4n) is 4.21. The van der Waals surface area contributed by atoms with E-state index in [1.165, 1.54) is 49.1 Å². The number of aromatic nitrogens is 2. The van der Waals surface area contributed by atoms with Crippen molar-refractivity contribution in [3.63, 3.8) is 0 Å². The van der Waals surface area contributed by atoms with Crippen LogP contribution in [0.2, 0.25) is 10.0 Å². The van der Waals surface area contributed by atoms with E-state index in [0.29, 0.717) is 23.7 Å². The largest absolute Gasteiger partial charge is 0.489 e. The number of imide groups is 1. The average Bonchev–Trinajstić information content (AvgIpc) is 3.73. The summed E-state index contributed by atoms with van der Waals surface area (Å²) in [4.78, 5) is 45.9. The van der Waals surface area contributed by atoms with E-state index in [4.69, 9.17) is 32.7 Å². The van der Waals surface area contributed by atoms with Crippen LogP contribution in [-0.4, -0.2) is 47.4 Å². The maximum atomic E-state index is 13.1. The molecule has 1 aliphatic carbocycles. The van der Waals surface area contributed by atoms with Gasteiger partial charge in [-0.3, -0.25) is 24.3 Å². The second-order valence-corrected chi connectivity index (χ2v) is 10.1. The average molecular weight is 593 g/mol. The van der Waals surface area contributed by atoms with E-state index < -0.39 is 37.0 Å². The summed E-state index contributed by atoms with van der Waals surface area (Å²) in [5.41, 5.74) is 1.03. The van der Waals surface area contributed by atoms with Crippen molar-refractivity contribution in [1.29, 1.82) is 0 Å². The van der Waals surface area contributed by atoms with Gasteiger partial charge in [0, 0.05) is 24.4 Å². The van der Waals surface area contributed by atoms with Crippen molar-refractivity contribution in [2.45, 2.75) is 32.0 Å². The van der Waals surface area contributed by atoms with Crippen LogP contribution in [0.25, 0.3) is 0 Å². The second-order valence-electron chi connectivity index (χ2n) is 9.27. The Kier molecular flexibility index (Phi) is 8.13. The Labute approximate surface area is 237 Å². The number of carbonyl (C=O) groups excluding carboxylic acids is 3. The smallest absolute Gasteiger partial charge is 0.387 e. The van der Waals surface area contributed by atoms with Gasteiger partial charge in [-0.05, 0) is 42.5 Å². The predicted molar refractivity (Wildman–Crippen MR) is 136 cm³/mol. The number of carbonyl (C=O) groups is 3. The van der Waals surface area contributed by atoms with E-state index in [1.54, 1.807) is 0 Å². The number of pyridine rings is 2. The van der Waals surface area contributed by atoms with Crippen LogP contribution in [0.15, 0.2) is 49.1 Å². The summed E-state index contributed by atoms with van der Waals surface area (Å²) >= 11 is 12.7. The number of ether oxygens (including phenoxy) is 3. The molecule has 1 fully saturated rings. The fraction of sp³-hybridized carbons (Fsp3) is 0.296. The van der Waals surface area contributed by atoms with Crippen molar-refractivity contribution in [3.8, 4) is 11.5 Å². The number of amides is 2. The number of rotatable bonds is 11. The van der Waals surface area contributed by atoms with Crippen LogP contribution < -0.4 is 14.5 Å². The summed E-state index contributed by atoms with van der Waals surface area (Å²) in [6, 6.07) is 5.59. The SMILES string of the molecule is O=C(CN1C(=O)c2ccncc2C1=O)O[C@@H](Cc1c(Cl)c[nH+]cc1Cl)c1ccc(OC(F)F)c(OCC2CC2)c1. The molecule has 2 aromatic heterocycles. The van der Waals surface area contributed by atoms with Gasteiger partial charge in [-0.2, -0.15) is 8.78 Å². The molecule has 5 rings (SSSR count). The van der Waals surface area contributed by atoms with Gasteiger partial charge in [-0.25, -0.2) is 4.98 Å². The third kappa shape index (κ3) is 6.15. The van der Waals surface area contributed by atoms with Crippen molar-refractivity contribution in [2.24, 2.45) is 5.92 Å². The molecule has 3 aromatic rings. The van der Waals surface area contributed by atoms with Crippen LogP contribution in [0.1, 0.15) is 50.8 Å². The number of fused-ring (bicyclic) bond motifs is 1. The van der Waals surface area contributed by atoms with Crippen LogP contribution in [0.3, 0.4) is 0 Å². The van der Waals surface area contributed by atoms with Gasteiger partial charge in [0.2, 0.25) is 0 Å². The fourth-order valence-corrected chi connectivity index (χ4v) is 4.74. The Hall–Kier alpha value is -3.83. The molecule has 1 aromatic carbocycles. The van der Waals surface area contributed by atoms with Gasteiger partial charge < -0.3 is 14.2 Å². The van der Waals surface area contributed by atoms with Crippen LogP contribution in [0.5, 0.6) is 11.5 Å². The maximum Gasteiger partial charge on any atom is 0.387 e. The lowest BCUT2D eigenvalue weighted by Gasteiger charge is -2.22. The lowest BCUT2D eigenvalue weighted by atomic mass is 10.0. The summed E-state index contributed by atoms with van der Waals surface area (Å²) in [5, 5.41) is 0.536. The number of nitrogens with one attached hydrogen (secondary N) is 1. The highest BCUT2D eigenvalue weighted by atomic mass is 35.5. The minimum atomic E-state index is -3.07. The van der Waals surface area contributed by atoms with Crippen LogP contribution >= 0.6 is 23.2 Å². The molecule has 0 spiro atoms. The van der Waals surface area contributed by atoms with Gasteiger partial charge in [0.15, 0.2) is 23.9 Å². The van der Waals surface area contributed by atoms with Gasteiger partial charge >= 0.3 is 12.6 Å². The zero-order valence-electron chi connectivity index (χ0n) is 20.7. The van der Waals surface area contributed by atoms with Gasteiger partial charge in [-0.1, -0.05) is 29.3 Å². The van der Waals surface area contributed by atoms with Gasteiger partial charge in [0.05, 0.1) is 17.7 Å². The molecule has 0 unspecified atom stereocenters. The van der Waals surface area contributed by atoms with E-state index in [1.807, 2.05) is 0 Å². The molecule has 40 heavy (non-hydrogen) atoms. The van der Waals surface area contributed by atoms with E-state index in [2.05, 4.69) is 14.7 Å². The van der Waals surface area contributed by atoms with Crippen molar-refractivity contribution < 1.29 is 42.4 Å². The maximum absolute atomic E-state index is 13.1. The summed E-state index contributed by atoms with van der Waals surface area (Å²) in [7, 11) is 0. The van der Waals surface area contributed by atoms with Crippen LogP contribution in [0.4, 0.5) is 8.78 Å². The monoisotopic (exact) mass is 592 g/mol. The van der Waals surface area contributed by atoms with E-state index in [-0.39, 0.29) is 39.1 Å². The molecule has 3 heterocycles. The van der Waals surface area contributed by atoms with Crippen molar-refractivity contribution in [2.75, 3.05) is 13.2 Å². The summed E-state index contributed by atoms with van der Waals surface area (Å²) < 4.78 is 42.2. The Balaban J connectivity index is 1.42. The van der Waals surface area contributed by atoms with Gasteiger partial charge in [-0.15, -0.1) is 0 Å². The summed E-state index contributed by atoms with van der Waals surface area (Å²) in [6.45, 7) is -3.42. The molecule has 2 aliphatic rings. The minimum Gasteiger partial charge on any atom is -0.489 e. The molecule has 0 saturated heterocycles. The van der Waals surface area contributed by atoms with E-state index >= 15 is 0 Å². The molecule has 0 bridgehead atoms. The predicted octanol–water partition coefficient (Wildman–Crippen LogP) is 4.72. The van der Waals surface area contributed by atoms with Gasteiger partial charge in [0.1, 0.15) is 22.7 Å². The number of benzene rings is 1. The van der Waals surface area contributed by atoms with E-state index in [0.717, 1.165) is 17.7 Å². The van der Waals surface area contributed by atoms with Crippen LogP contribution in [-0.2, 0) is 16.0 Å². The highest BCUT2D eigenvalue weighted by molar-refractivity contribution is 6.35. The Morgan fingerprint density at radius 2 is 1.80 bits per heavy atom. The molecule has 0 radical (unpaired) electrons. The molecule has 13 heteroatoms. The highest BCUT2D eigenvalue weighted by Gasteiger charge is 2.37. The standard InChI is InChI=1S/C27H21Cl2F2N3O6/c28-19-10-33-11-20(29)17(19)8-22(15-3-4-21(40-27(30)31)23(7-15)38-13-14-1-2-14)39-24(35)12-34-25(36)16-5-6-32-9-18(16)26(34)37/h3-7,9-11,14,22,27H,1-2,8,12-13H2/p+1/t22-/m0/s1. The molecule has 2 amide bonds. The lowest BCUT2D eigenvalue weighted by molar-refractivity contribution is -0.377. The van der Waals surface area contributed by atoms with Crippen LogP contribution in [0, 0.1) is 5.92 Å². The summed E-state index contributed by atoms with van der Waals surface area (Å²) in [5.74, 6) is -2.01. The number of aromatic amines is 1. The molecule has 208 valence electrons. The second kappa shape index (κ2) is 11.7. The number of hydrogen-bond acceptors (Lipinski definition) is 7. The number of halogens is 4. The first-order valence-electron chi connectivity index (χ1n) is 12.3. The van der Waals surface area contributed by atoms with Crippen molar-refractivity contribution >= 4 is 41.0 Å². The van der Waals surface area contributed by atoms with E-state index in [9.17, 15) is 23.2 Å². The molecule has 1 saturated carbocycles. The number of alkyl halides is 2. The van der Waals surface area contributed by atoms with Gasteiger partial charge in [0.25, 0.3) is 11.8 Å². The molecular formula is C27H22Cl2F2N3O6+. The summed E-state index contributed by atoms with van der Waals surface area (Å²) in [6.07, 6.45) is 6.51. The Morgan fingerprint density at radius 1 is 1.07 bits per heavy atom. The number of H-pyrrole nitrogens is 1. The normalized spacial score (nSPS) is 15.3. The Morgan fingerprint density at radius 3 is 2.48 bits per heavy atom. The zero-order chi connectivity index (χ0) is 28.4. The van der Waals surface area contributed by atoms with Crippen molar-refractivity contribution in [3.05, 3.63) is 81.4 Å². The first-order chi connectivity index (χ1) is 19.2. The zero-order valence-corrected chi connectivity index (χ0v) is 22.3. The molecule has 1 atom stereocenters. The van der Waals surface area contributed by atoms with Crippen molar-refractivity contribution in [1.82, 2.24) is 9.88 Å².